The van der Waals surface area contributed by atoms with Crippen molar-refractivity contribution in [1.29, 1.82) is 0 Å². The third-order valence-corrected chi connectivity index (χ3v) is 4.85. The molecule has 2 aromatic carbocycles. The second-order valence-corrected chi connectivity index (χ2v) is 7.84. The molecule has 0 saturated carbocycles. The van der Waals surface area contributed by atoms with Gasteiger partial charge in [0.15, 0.2) is 11.5 Å². The zero-order valence-electron chi connectivity index (χ0n) is 16.2. The van der Waals surface area contributed by atoms with Crippen molar-refractivity contribution in [2.24, 2.45) is 10.2 Å². The number of nitrogens with zero attached hydrogens (tertiary/aromatic N) is 3. The average molecular weight is 434 g/mol. The number of hydrogen-bond donors (Lipinski definition) is 2. The van der Waals surface area contributed by atoms with Gasteiger partial charge in [-0.1, -0.05) is 17.7 Å². The summed E-state index contributed by atoms with van der Waals surface area (Å²) in [6, 6.07) is 6.11. The number of ketones is 1. The van der Waals surface area contributed by atoms with Gasteiger partial charge in [-0.15, -0.1) is 5.11 Å². The first-order valence-electron chi connectivity index (χ1n) is 8.45. The van der Waals surface area contributed by atoms with Gasteiger partial charge in [-0.25, -0.2) is 0 Å². The minimum Gasteiger partial charge on any atom is -0.324 e. The van der Waals surface area contributed by atoms with Crippen molar-refractivity contribution < 1.29 is 27.5 Å². The molecule has 158 valence electrons. The quantitative estimate of drug-likeness (QED) is 0.222. The van der Waals surface area contributed by atoms with Crippen molar-refractivity contribution in [2.75, 3.05) is 5.32 Å². The van der Waals surface area contributed by atoms with Crippen molar-refractivity contribution >= 4 is 38.9 Å². The van der Waals surface area contributed by atoms with Gasteiger partial charge in [-0.3, -0.25) is 24.3 Å². The topological polar surface area (TPSA) is 168 Å². The lowest BCUT2D eigenvalue weighted by molar-refractivity contribution is -0.384. The molecule has 0 bridgehead atoms. The number of carbonyl (C=O) groups is 2. The number of nitro benzene ring substituents is 1. The summed E-state index contributed by atoms with van der Waals surface area (Å²) in [7, 11) is -4.67. The molecule has 11 nitrogen and oxygen atoms in total. The summed E-state index contributed by atoms with van der Waals surface area (Å²) in [5.74, 6) is -1.44. The van der Waals surface area contributed by atoms with Crippen molar-refractivity contribution in [1.82, 2.24) is 0 Å². The normalized spacial score (nSPS) is 12.5. The van der Waals surface area contributed by atoms with Crippen LogP contribution in [0.5, 0.6) is 0 Å². The number of azo groups is 1. The monoisotopic (exact) mass is 434 g/mol. The second-order valence-electron chi connectivity index (χ2n) is 6.42. The van der Waals surface area contributed by atoms with Crippen LogP contribution in [0.2, 0.25) is 0 Å². The summed E-state index contributed by atoms with van der Waals surface area (Å²) in [4.78, 5) is 33.9. The number of aryl methyl sites for hydroxylation is 2. The van der Waals surface area contributed by atoms with Gasteiger partial charge in [-0.2, -0.15) is 13.5 Å². The van der Waals surface area contributed by atoms with Gasteiger partial charge in [-0.05, 0) is 44.5 Å². The van der Waals surface area contributed by atoms with Crippen LogP contribution in [0, 0.1) is 24.0 Å². The van der Waals surface area contributed by atoms with E-state index in [1.165, 1.54) is 0 Å². The Bertz CT molecular complexity index is 1160. The molecule has 2 N–H and O–H groups in total. The Morgan fingerprint density at radius 1 is 1.17 bits per heavy atom. The fourth-order valence-electron chi connectivity index (χ4n) is 2.49. The Hall–Kier alpha value is -3.51. The minimum atomic E-state index is -4.67. The molecular weight excluding hydrogens is 416 g/mol. The van der Waals surface area contributed by atoms with Crippen LogP contribution in [0.25, 0.3) is 0 Å². The van der Waals surface area contributed by atoms with Crippen molar-refractivity contribution in [3.63, 3.8) is 0 Å². The smallest absolute Gasteiger partial charge is 0.298 e. The molecule has 0 aromatic heterocycles. The van der Waals surface area contributed by atoms with E-state index < -0.39 is 49.0 Å². The maximum absolute atomic E-state index is 12.5. The number of benzene rings is 2. The van der Waals surface area contributed by atoms with Crippen LogP contribution in [-0.4, -0.2) is 35.6 Å². The maximum atomic E-state index is 12.5. The lowest BCUT2D eigenvalue weighted by atomic mass is 10.1. The van der Waals surface area contributed by atoms with Crippen LogP contribution < -0.4 is 5.32 Å². The fraction of sp³-hybridized carbons (Fsp3) is 0.222. The fourth-order valence-corrected chi connectivity index (χ4v) is 2.99. The molecule has 0 heterocycles. The number of carbonyl (C=O) groups excluding carboxylic acids is 2. The van der Waals surface area contributed by atoms with Crippen molar-refractivity contribution in [3.8, 4) is 0 Å². The highest BCUT2D eigenvalue weighted by atomic mass is 32.2. The Kier molecular flexibility index (Phi) is 6.74. The van der Waals surface area contributed by atoms with Crippen molar-refractivity contribution in [3.05, 3.63) is 57.6 Å². The SMILES string of the molecule is CC(=O)C(/N=N/c1ccc(S(=O)(=O)O)cc1[N+](=O)[O-])C(=O)Nc1ccc(C)cc1C. The van der Waals surface area contributed by atoms with Gasteiger partial charge < -0.3 is 5.32 Å². The predicted molar refractivity (Wildman–Crippen MR) is 106 cm³/mol. The van der Waals surface area contributed by atoms with E-state index in [1.807, 2.05) is 13.0 Å². The van der Waals surface area contributed by atoms with Crippen molar-refractivity contribution in [2.45, 2.75) is 31.7 Å². The Morgan fingerprint density at radius 2 is 1.83 bits per heavy atom. The highest BCUT2D eigenvalue weighted by molar-refractivity contribution is 7.85. The molecule has 0 radical (unpaired) electrons. The lowest BCUT2D eigenvalue weighted by Gasteiger charge is -2.12. The summed E-state index contributed by atoms with van der Waals surface area (Å²) < 4.78 is 31.4. The summed E-state index contributed by atoms with van der Waals surface area (Å²) in [6.07, 6.45) is 0. The van der Waals surface area contributed by atoms with Crippen LogP contribution in [0.15, 0.2) is 51.5 Å². The van der Waals surface area contributed by atoms with E-state index in [4.69, 9.17) is 4.55 Å². The summed E-state index contributed by atoms with van der Waals surface area (Å²) >= 11 is 0. The molecule has 0 saturated heterocycles. The molecule has 0 spiro atoms. The Balaban J connectivity index is 2.35. The molecule has 1 amide bonds. The molecule has 1 atom stereocenters. The number of hydrogen-bond acceptors (Lipinski definition) is 8. The summed E-state index contributed by atoms with van der Waals surface area (Å²) in [5.41, 5.74) is 1.05. The standard InChI is InChI=1S/C18H18N4O7S/c1-10-4-6-14(11(2)8-10)19-18(24)17(12(3)23)21-20-15-7-5-13(30(27,28)29)9-16(15)22(25)26/h4-9,17H,1-3H3,(H,19,24)(H,27,28,29)/b21-20+. The highest BCUT2D eigenvalue weighted by Gasteiger charge is 2.25. The van der Waals surface area contributed by atoms with E-state index in [-0.39, 0.29) is 0 Å². The maximum Gasteiger partial charge on any atom is 0.298 e. The number of Topliss-reactive ketones (excluding diaryl/α,β-unsaturated/α-hetero) is 1. The van der Waals surface area contributed by atoms with E-state index >= 15 is 0 Å². The molecule has 30 heavy (non-hydrogen) atoms. The molecule has 2 aromatic rings. The third-order valence-electron chi connectivity index (χ3n) is 4.00. The van der Waals surface area contributed by atoms with Crippen LogP contribution in [-0.2, 0) is 19.7 Å². The van der Waals surface area contributed by atoms with E-state index in [9.17, 15) is 28.1 Å². The minimum absolute atomic E-state index is 0.391. The Morgan fingerprint density at radius 3 is 2.37 bits per heavy atom. The average Bonchev–Trinajstić information content (AvgIpc) is 2.63. The first-order valence-corrected chi connectivity index (χ1v) is 9.89. The van der Waals surface area contributed by atoms with Crippen LogP contribution >= 0.6 is 0 Å². The van der Waals surface area contributed by atoms with E-state index in [0.717, 1.165) is 30.2 Å². The molecule has 0 aliphatic heterocycles. The number of nitro groups is 1. The van der Waals surface area contributed by atoms with Gasteiger partial charge >= 0.3 is 0 Å². The highest BCUT2D eigenvalue weighted by Crippen LogP contribution is 2.30. The molecule has 12 heteroatoms. The predicted octanol–water partition coefficient (Wildman–Crippen LogP) is 3.14. The lowest BCUT2D eigenvalue weighted by Crippen LogP contribution is -2.32. The number of amides is 1. The molecule has 0 aliphatic carbocycles. The van der Waals surface area contributed by atoms with Gasteiger partial charge in [0.2, 0.25) is 6.04 Å². The van der Waals surface area contributed by atoms with Gasteiger partial charge in [0.05, 0.1) is 4.92 Å². The molecular formula is C18H18N4O7S. The van der Waals surface area contributed by atoms with E-state index in [2.05, 4.69) is 15.5 Å². The second kappa shape index (κ2) is 8.88. The van der Waals surface area contributed by atoms with Crippen LogP contribution in [0.1, 0.15) is 18.1 Å². The molecule has 0 fully saturated rings. The van der Waals surface area contributed by atoms with Crippen LogP contribution in [0.4, 0.5) is 17.1 Å². The van der Waals surface area contributed by atoms with Gasteiger partial charge in [0.1, 0.15) is 4.90 Å². The first-order chi connectivity index (χ1) is 13.9. The van der Waals surface area contributed by atoms with E-state index in [0.29, 0.717) is 11.8 Å². The zero-order valence-corrected chi connectivity index (χ0v) is 17.0. The molecule has 1 unspecified atom stereocenters. The summed E-state index contributed by atoms with van der Waals surface area (Å²) in [6.45, 7) is 4.76. The van der Waals surface area contributed by atoms with Gasteiger partial charge in [0, 0.05) is 11.8 Å². The summed E-state index contributed by atoms with van der Waals surface area (Å²) in [5, 5.41) is 21.0. The van der Waals surface area contributed by atoms with Gasteiger partial charge in [0.25, 0.3) is 21.7 Å². The molecule has 2 rings (SSSR count). The zero-order chi connectivity index (χ0) is 22.6. The third kappa shape index (κ3) is 5.52. The van der Waals surface area contributed by atoms with E-state index in [1.54, 1.807) is 19.1 Å². The Labute approximate surface area is 171 Å². The van der Waals surface area contributed by atoms with Crippen LogP contribution in [0.3, 0.4) is 0 Å². The molecule has 0 aliphatic rings. The first kappa shape index (κ1) is 22.8. The number of nitrogens with one attached hydrogen (secondary N) is 1. The largest absolute Gasteiger partial charge is 0.324 e. The number of rotatable bonds is 7. The number of anilines is 1.